The van der Waals surface area contributed by atoms with Crippen LogP contribution in [0.1, 0.15) is 42.6 Å². The van der Waals surface area contributed by atoms with Crippen molar-refractivity contribution < 1.29 is 36.9 Å². The fourth-order valence-corrected chi connectivity index (χ4v) is 4.68. The summed E-state index contributed by atoms with van der Waals surface area (Å²) >= 11 is 0. The first-order valence-electron chi connectivity index (χ1n) is 12.6. The molecule has 3 aromatic rings. The lowest BCUT2D eigenvalue weighted by atomic mass is 9.86. The van der Waals surface area contributed by atoms with Gasteiger partial charge in [-0.05, 0) is 35.7 Å². The van der Waals surface area contributed by atoms with Crippen LogP contribution in [0.5, 0.6) is 11.5 Å². The maximum Gasteiger partial charge on any atom is 0.387 e. The molecule has 2 fully saturated rings. The number of pyridine rings is 1. The third-order valence-corrected chi connectivity index (χ3v) is 7.20. The van der Waals surface area contributed by atoms with Gasteiger partial charge in [-0.3, -0.25) is 4.79 Å². The van der Waals surface area contributed by atoms with Crippen LogP contribution in [0, 0.1) is 11.8 Å². The van der Waals surface area contributed by atoms with Crippen LogP contribution in [0.2, 0.25) is 0 Å². The van der Waals surface area contributed by atoms with Gasteiger partial charge in [-0.25, -0.2) is 8.91 Å². The van der Waals surface area contributed by atoms with Crippen molar-refractivity contribution in [2.45, 2.75) is 44.9 Å². The standard InChI is InChI=1S/C28H31F3N2O5/c1-28(2,15-37-14-16-12-36-13-16)19-4-5-22-20(10-32-33(22)11-19)17-8-24(35-3)26(25(9-17)38-27(30)31)23(34)7-18-6-21(18)29/h4-5,8-11,16,18,21,27H,6-7,12-15H2,1-3H3/t18-,21-/m0/s1. The molecule has 2 aliphatic rings. The van der Waals surface area contributed by atoms with E-state index in [0.717, 1.165) is 24.3 Å². The van der Waals surface area contributed by atoms with Gasteiger partial charge in [0.1, 0.15) is 23.2 Å². The minimum atomic E-state index is -3.15. The molecule has 0 unspecified atom stereocenters. The Morgan fingerprint density at radius 3 is 2.61 bits per heavy atom. The van der Waals surface area contributed by atoms with Gasteiger partial charge in [0.05, 0.1) is 45.3 Å². The minimum absolute atomic E-state index is 0.0883. The number of alkyl halides is 3. The van der Waals surface area contributed by atoms with Crippen LogP contribution in [-0.4, -0.2) is 61.7 Å². The Kier molecular flexibility index (Phi) is 7.37. The Hall–Kier alpha value is -3.11. The zero-order valence-electron chi connectivity index (χ0n) is 21.6. The fourth-order valence-electron chi connectivity index (χ4n) is 4.68. The first kappa shape index (κ1) is 26.5. The van der Waals surface area contributed by atoms with Crippen molar-refractivity contribution in [3.8, 4) is 22.6 Å². The highest BCUT2D eigenvalue weighted by molar-refractivity contribution is 6.03. The van der Waals surface area contributed by atoms with E-state index >= 15 is 0 Å². The topological polar surface area (TPSA) is 71.3 Å². The zero-order chi connectivity index (χ0) is 27.0. The number of carbonyl (C=O) groups excluding carboxylic acids is 1. The quantitative estimate of drug-likeness (QED) is 0.288. The second-order valence-corrected chi connectivity index (χ2v) is 10.7. The van der Waals surface area contributed by atoms with Gasteiger partial charge in [-0.15, -0.1) is 0 Å². The van der Waals surface area contributed by atoms with E-state index in [0.29, 0.717) is 36.7 Å². The Labute approximate surface area is 218 Å². The predicted molar refractivity (Wildman–Crippen MR) is 134 cm³/mol. The second-order valence-electron chi connectivity index (χ2n) is 10.7. The molecule has 5 rings (SSSR count). The third kappa shape index (κ3) is 5.51. The highest BCUT2D eigenvalue weighted by Crippen LogP contribution is 2.42. The van der Waals surface area contributed by atoms with E-state index in [2.05, 4.69) is 18.9 Å². The van der Waals surface area contributed by atoms with Crippen molar-refractivity contribution in [1.29, 1.82) is 0 Å². The molecule has 1 aliphatic heterocycles. The first-order chi connectivity index (χ1) is 18.2. The van der Waals surface area contributed by atoms with E-state index in [1.54, 1.807) is 16.8 Å². The van der Waals surface area contributed by atoms with Gasteiger partial charge >= 0.3 is 6.61 Å². The summed E-state index contributed by atoms with van der Waals surface area (Å²) in [5.74, 6) is -0.657. The summed E-state index contributed by atoms with van der Waals surface area (Å²) in [5, 5.41) is 4.48. The molecule has 2 atom stereocenters. The van der Waals surface area contributed by atoms with Crippen LogP contribution in [0.4, 0.5) is 13.2 Å². The molecule has 0 radical (unpaired) electrons. The summed E-state index contributed by atoms with van der Waals surface area (Å²) in [6.45, 7) is 3.72. The lowest BCUT2D eigenvalue weighted by Crippen LogP contribution is -2.34. The first-order valence-corrected chi connectivity index (χ1v) is 12.6. The number of benzene rings is 1. The summed E-state index contributed by atoms with van der Waals surface area (Å²) in [5.41, 5.74) is 2.53. The summed E-state index contributed by atoms with van der Waals surface area (Å²) in [6, 6.07) is 6.88. The number of fused-ring (bicyclic) bond motifs is 1. The smallest absolute Gasteiger partial charge is 0.387 e. The summed E-state index contributed by atoms with van der Waals surface area (Å²) in [7, 11) is 1.35. The number of hydrogen-bond acceptors (Lipinski definition) is 6. The van der Waals surface area contributed by atoms with Crippen molar-refractivity contribution in [1.82, 2.24) is 9.61 Å². The lowest BCUT2D eigenvalue weighted by Gasteiger charge is -2.29. The SMILES string of the molecule is COc1cc(-c2cnn3cc(C(C)(C)COCC4COC4)ccc23)cc(OC(F)F)c1C(=O)C[C@@H]1C[C@@H]1F. The number of carbonyl (C=O) groups is 1. The van der Waals surface area contributed by atoms with Gasteiger partial charge in [-0.2, -0.15) is 13.9 Å². The van der Waals surface area contributed by atoms with Crippen molar-refractivity contribution in [2.75, 3.05) is 33.5 Å². The van der Waals surface area contributed by atoms with Gasteiger partial charge in [0.25, 0.3) is 0 Å². The molecule has 1 saturated heterocycles. The van der Waals surface area contributed by atoms with Crippen molar-refractivity contribution >= 4 is 11.3 Å². The number of rotatable bonds is 12. The second kappa shape index (κ2) is 10.6. The number of ether oxygens (including phenoxy) is 4. The van der Waals surface area contributed by atoms with Crippen LogP contribution in [0.3, 0.4) is 0 Å². The molecular weight excluding hydrogens is 501 g/mol. The Morgan fingerprint density at radius 1 is 1.24 bits per heavy atom. The van der Waals surface area contributed by atoms with Crippen LogP contribution in [0.25, 0.3) is 16.6 Å². The highest BCUT2D eigenvalue weighted by atomic mass is 19.3. The monoisotopic (exact) mass is 532 g/mol. The number of ketones is 1. The normalized spacial score (nSPS) is 19.6. The van der Waals surface area contributed by atoms with E-state index in [1.165, 1.54) is 13.2 Å². The van der Waals surface area contributed by atoms with Gasteiger partial charge in [0.15, 0.2) is 5.78 Å². The van der Waals surface area contributed by atoms with Gasteiger partial charge in [-0.1, -0.05) is 19.9 Å². The largest absolute Gasteiger partial charge is 0.496 e. The molecule has 0 bridgehead atoms. The third-order valence-electron chi connectivity index (χ3n) is 7.20. The number of Topliss-reactive ketones (excluding diaryl/α,β-unsaturated/α-hetero) is 1. The molecule has 204 valence electrons. The Morgan fingerprint density at radius 2 is 1.97 bits per heavy atom. The average molecular weight is 533 g/mol. The molecule has 0 amide bonds. The molecule has 2 aromatic heterocycles. The number of nitrogens with zero attached hydrogens (tertiary/aromatic N) is 2. The van der Waals surface area contributed by atoms with Crippen LogP contribution >= 0.6 is 0 Å². The van der Waals surface area contributed by atoms with Crippen molar-refractivity contribution in [2.24, 2.45) is 11.8 Å². The highest BCUT2D eigenvalue weighted by Gasteiger charge is 2.40. The van der Waals surface area contributed by atoms with E-state index < -0.39 is 24.5 Å². The molecule has 1 aliphatic carbocycles. The summed E-state index contributed by atoms with van der Waals surface area (Å²) < 4.78 is 63.0. The molecule has 1 saturated carbocycles. The van der Waals surface area contributed by atoms with Crippen molar-refractivity contribution in [3.05, 3.63) is 47.8 Å². The van der Waals surface area contributed by atoms with E-state index in [-0.39, 0.29) is 28.9 Å². The number of hydrogen-bond donors (Lipinski definition) is 0. The van der Waals surface area contributed by atoms with E-state index in [1.807, 2.05) is 18.3 Å². The van der Waals surface area contributed by atoms with Crippen LogP contribution < -0.4 is 9.47 Å². The minimum Gasteiger partial charge on any atom is -0.496 e. The molecule has 10 heteroatoms. The molecule has 7 nitrogen and oxygen atoms in total. The maximum absolute atomic E-state index is 13.4. The van der Waals surface area contributed by atoms with E-state index in [4.69, 9.17) is 18.9 Å². The molecule has 0 spiro atoms. The van der Waals surface area contributed by atoms with Crippen LogP contribution in [-0.2, 0) is 14.9 Å². The lowest BCUT2D eigenvalue weighted by molar-refractivity contribution is -0.0763. The van der Waals surface area contributed by atoms with Crippen LogP contribution in [0.15, 0.2) is 36.7 Å². The Bertz CT molecular complexity index is 1320. The molecule has 3 heterocycles. The number of halogens is 3. The predicted octanol–water partition coefficient (Wildman–Crippen LogP) is 5.48. The molecular formula is C28H31F3N2O5. The molecule has 38 heavy (non-hydrogen) atoms. The van der Waals surface area contributed by atoms with Gasteiger partial charge < -0.3 is 18.9 Å². The molecule has 0 N–H and O–H groups in total. The van der Waals surface area contributed by atoms with Crippen molar-refractivity contribution in [3.63, 3.8) is 0 Å². The molecule has 1 aromatic carbocycles. The van der Waals surface area contributed by atoms with Gasteiger partial charge in [0, 0.05) is 35.4 Å². The summed E-state index contributed by atoms with van der Waals surface area (Å²) in [6.07, 6.45) is 2.70. The van der Waals surface area contributed by atoms with Gasteiger partial charge in [0.2, 0.25) is 0 Å². The number of methoxy groups -OCH3 is 1. The zero-order valence-corrected chi connectivity index (χ0v) is 21.6. The average Bonchev–Trinajstić information content (AvgIpc) is 3.36. The van der Waals surface area contributed by atoms with E-state index in [9.17, 15) is 18.0 Å². The fraction of sp³-hybridized carbons (Fsp3) is 0.500. The summed E-state index contributed by atoms with van der Waals surface area (Å²) in [4.78, 5) is 12.9. The Balaban J connectivity index is 1.44. The maximum atomic E-state index is 13.4. The number of aromatic nitrogens is 2.